The van der Waals surface area contributed by atoms with E-state index in [1.54, 1.807) is 24.3 Å². The molecule has 1 aromatic carbocycles. The van der Waals surface area contributed by atoms with E-state index in [0.29, 0.717) is 23.0 Å². The van der Waals surface area contributed by atoms with E-state index >= 15 is 0 Å². The van der Waals surface area contributed by atoms with E-state index in [9.17, 15) is 0 Å². The number of rotatable bonds is 2. The Balaban J connectivity index is 2.51. The quantitative estimate of drug-likeness (QED) is 0.699. The van der Waals surface area contributed by atoms with Gasteiger partial charge in [-0.15, -0.1) is 0 Å². The number of ether oxygens (including phenoxy) is 1. The predicted molar refractivity (Wildman–Crippen MR) is 77.7 cm³/mol. The number of anilines is 1. The van der Waals surface area contributed by atoms with Gasteiger partial charge in [-0.25, -0.2) is 9.98 Å². The molecule has 98 valence electrons. The van der Waals surface area contributed by atoms with Gasteiger partial charge in [0, 0.05) is 11.8 Å². The first-order chi connectivity index (χ1) is 9.01. The van der Waals surface area contributed by atoms with Crippen LogP contribution in [0.5, 0.6) is 5.75 Å². The molecular formula is C13H15N5O. The van der Waals surface area contributed by atoms with Gasteiger partial charge in [0.15, 0.2) is 5.84 Å². The summed E-state index contributed by atoms with van der Waals surface area (Å²) in [6.45, 7) is 1.88. The van der Waals surface area contributed by atoms with Gasteiger partial charge in [-0.2, -0.15) is 0 Å². The van der Waals surface area contributed by atoms with Gasteiger partial charge in [0.25, 0.3) is 0 Å². The predicted octanol–water partition coefficient (Wildman–Crippen LogP) is 1.56. The maximum atomic E-state index is 7.76. The third-order valence-corrected chi connectivity index (χ3v) is 2.69. The van der Waals surface area contributed by atoms with Crippen molar-refractivity contribution >= 4 is 28.8 Å². The molecule has 1 aliphatic heterocycles. The van der Waals surface area contributed by atoms with Crippen LogP contribution < -0.4 is 16.2 Å². The Bertz CT molecular complexity index is 628. The van der Waals surface area contributed by atoms with Crippen LogP contribution in [0.15, 0.2) is 34.3 Å². The minimum Gasteiger partial charge on any atom is -0.494 e. The number of nitrogens with one attached hydrogen (secondary N) is 1. The van der Waals surface area contributed by atoms with Crippen molar-refractivity contribution in [3.05, 3.63) is 29.8 Å². The Morgan fingerprint density at radius 3 is 2.68 bits per heavy atom. The number of nitrogens with zero attached hydrogens (tertiary/aromatic N) is 2. The summed E-state index contributed by atoms with van der Waals surface area (Å²) in [6.07, 6.45) is 3.12. The molecule has 1 aliphatic rings. The maximum absolute atomic E-state index is 7.76. The van der Waals surface area contributed by atoms with Gasteiger partial charge in [0.1, 0.15) is 17.3 Å². The second-order valence-corrected chi connectivity index (χ2v) is 4.10. The van der Waals surface area contributed by atoms with Crippen molar-refractivity contribution in [1.29, 1.82) is 5.41 Å². The Labute approximate surface area is 111 Å². The summed E-state index contributed by atoms with van der Waals surface area (Å²) in [5.74, 6) is 1.11. The molecule has 0 bridgehead atoms. The smallest absolute Gasteiger partial charge is 0.180 e. The normalized spacial score (nSPS) is 16.6. The third-order valence-electron chi connectivity index (χ3n) is 2.69. The zero-order valence-electron chi connectivity index (χ0n) is 10.8. The van der Waals surface area contributed by atoms with Crippen LogP contribution in [0, 0.1) is 12.3 Å². The molecule has 19 heavy (non-hydrogen) atoms. The first-order valence-electron chi connectivity index (χ1n) is 5.65. The second kappa shape index (κ2) is 4.93. The number of amidine groups is 2. The fraction of sp³-hybridized carbons (Fsp3) is 0.154. The van der Waals surface area contributed by atoms with E-state index in [1.807, 2.05) is 6.92 Å². The topological polar surface area (TPSA) is 110 Å². The monoisotopic (exact) mass is 257 g/mol. The Morgan fingerprint density at radius 2 is 2.00 bits per heavy atom. The van der Waals surface area contributed by atoms with E-state index in [2.05, 4.69) is 9.98 Å². The van der Waals surface area contributed by atoms with Gasteiger partial charge < -0.3 is 16.2 Å². The summed E-state index contributed by atoms with van der Waals surface area (Å²) in [4.78, 5) is 8.35. The standard InChI is InChI=1S/C13H15N5O/c1-7-5-10(11(19-2)6-9(7)15)17-13-8(14)3-4-12(16)18-13/h3-6,14H,15H2,1-2H3,(H2,16,17,18). The van der Waals surface area contributed by atoms with Crippen LogP contribution in [-0.2, 0) is 0 Å². The molecule has 0 saturated heterocycles. The van der Waals surface area contributed by atoms with Crippen molar-refractivity contribution in [3.8, 4) is 5.75 Å². The number of aliphatic imine (C=N–C) groups is 2. The molecule has 0 atom stereocenters. The zero-order valence-corrected chi connectivity index (χ0v) is 10.8. The number of hydrogen-bond acceptors (Lipinski definition) is 5. The largest absolute Gasteiger partial charge is 0.494 e. The van der Waals surface area contributed by atoms with E-state index < -0.39 is 0 Å². The summed E-state index contributed by atoms with van der Waals surface area (Å²) < 4.78 is 5.23. The lowest BCUT2D eigenvalue weighted by molar-refractivity contribution is 0.416. The molecule has 0 radical (unpaired) electrons. The SMILES string of the molecule is COc1cc(N)c(C)cc1N=C1N=C(N)C=CC1=N. The van der Waals surface area contributed by atoms with Crippen LogP contribution in [0.25, 0.3) is 0 Å². The highest BCUT2D eigenvalue weighted by molar-refractivity contribution is 6.48. The van der Waals surface area contributed by atoms with Crippen LogP contribution in [0.4, 0.5) is 11.4 Å². The number of methoxy groups -OCH3 is 1. The number of aryl methyl sites for hydroxylation is 1. The fourth-order valence-electron chi connectivity index (χ4n) is 1.60. The van der Waals surface area contributed by atoms with E-state index in [1.165, 1.54) is 7.11 Å². The molecule has 0 saturated carbocycles. The van der Waals surface area contributed by atoms with Crippen molar-refractivity contribution in [2.75, 3.05) is 12.8 Å². The lowest BCUT2D eigenvalue weighted by Crippen LogP contribution is -2.20. The summed E-state index contributed by atoms with van der Waals surface area (Å²) in [7, 11) is 1.54. The molecule has 0 fully saturated rings. The number of nitrogens with two attached hydrogens (primary N) is 2. The van der Waals surface area contributed by atoms with Crippen LogP contribution in [-0.4, -0.2) is 24.5 Å². The van der Waals surface area contributed by atoms with Gasteiger partial charge in [-0.05, 0) is 30.7 Å². The molecule has 0 spiro atoms. The molecular weight excluding hydrogens is 242 g/mol. The highest BCUT2D eigenvalue weighted by atomic mass is 16.5. The van der Waals surface area contributed by atoms with Crippen molar-refractivity contribution in [2.45, 2.75) is 6.92 Å². The summed E-state index contributed by atoms with van der Waals surface area (Å²) in [5, 5.41) is 7.76. The third kappa shape index (κ3) is 2.62. The van der Waals surface area contributed by atoms with Gasteiger partial charge >= 0.3 is 0 Å². The molecule has 6 heteroatoms. The Kier molecular flexibility index (Phi) is 3.33. The van der Waals surface area contributed by atoms with Gasteiger partial charge in [-0.1, -0.05) is 0 Å². The van der Waals surface area contributed by atoms with Gasteiger partial charge in [0.2, 0.25) is 0 Å². The van der Waals surface area contributed by atoms with E-state index in [-0.39, 0.29) is 11.5 Å². The minimum absolute atomic E-state index is 0.200. The van der Waals surface area contributed by atoms with Crippen LogP contribution >= 0.6 is 0 Å². The number of dihydropyridines is 1. The highest BCUT2D eigenvalue weighted by Crippen LogP contribution is 2.32. The lowest BCUT2D eigenvalue weighted by atomic mass is 10.1. The van der Waals surface area contributed by atoms with Crippen molar-refractivity contribution in [2.24, 2.45) is 15.7 Å². The first kappa shape index (κ1) is 12.8. The molecule has 6 nitrogen and oxygen atoms in total. The Morgan fingerprint density at radius 1 is 1.26 bits per heavy atom. The van der Waals surface area contributed by atoms with E-state index in [4.69, 9.17) is 21.6 Å². The van der Waals surface area contributed by atoms with Crippen LogP contribution in [0.2, 0.25) is 0 Å². The molecule has 0 unspecified atom stereocenters. The average molecular weight is 257 g/mol. The molecule has 1 aromatic rings. The van der Waals surface area contributed by atoms with Gasteiger partial charge in [-0.3, -0.25) is 5.41 Å². The van der Waals surface area contributed by atoms with Gasteiger partial charge in [0.05, 0.1) is 12.8 Å². The molecule has 0 aromatic heterocycles. The number of benzene rings is 1. The Hall–Kier alpha value is -2.63. The van der Waals surface area contributed by atoms with Crippen molar-refractivity contribution in [1.82, 2.24) is 0 Å². The lowest BCUT2D eigenvalue weighted by Gasteiger charge is -2.10. The molecule has 1 heterocycles. The highest BCUT2D eigenvalue weighted by Gasteiger charge is 2.11. The average Bonchev–Trinajstić information content (AvgIpc) is 2.38. The summed E-state index contributed by atoms with van der Waals surface area (Å²) in [6, 6.07) is 3.49. The van der Waals surface area contributed by atoms with E-state index in [0.717, 1.165) is 5.56 Å². The number of hydrogen-bond donors (Lipinski definition) is 3. The first-order valence-corrected chi connectivity index (χ1v) is 5.65. The van der Waals surface area contributed by atoms with Crippen LogP contribution in [0.1, 0.15) is 5.56 Å². The van der Waals surface area contributed by atoms with Crippen LogP contribution in [0.3, 0.4) is 0 Å². The van der Waals surface area contributed by atoms with Crippen molar-refractivity contribution < 1.29 is 4.74 Å². The summed E-state index contributed by atoms with van der Waals surface area (Å²) >= 11 is 0. The maximum Gasteiger partial charge on any atom is 0.180 e. The summed E-state index contributed by atoms with van der Waals surface area (Å²) in [5.41, 5.74) is 13.7. The molecule has 5 N–H and O–H groups in total. The van der Waals surface area contributed by atoms with Crippen molar-refractivity contribution in [3.63, 3.8) is 0 Å². The number of nitrogen functional groups attached to an aromatic ring is 1. The molecule has 0 aliphatic carbocycles. The zero-order chi connectivity index (χ0) is 14.0. The molecule has 0 amide bonds. The molecule has 2 rings (SSSR count). The second-order valence-electron chi connectivity index (χ2n) is 4.10. The minimum atomic E-state index is 0.200. The fourth-order valence-corrected chi connectivity index (χ4v) is 1.60.